The van der Waals surface area contributed by atoms with E-state index in [2.05, 4.69) is 16.3 Å². The van der Waals surface area contributed by atoms with Gasteiger partial charge in [0.15, 0.2) is 0 Å². The van der Waals surface area contributed by atoms with Crippen molar-refractivity contribution in [1.29, 1.82) is 0 Å². The van der Waals surface area contributed by atoms with Crippen LogP contribution in [0.1, 0.15) is 21.7 Å². The van der Waals surface area contributed by atoms with Crippen LogP contribution in [0.15, 0.2) is 41.0 Å². The van der Waals surface area contributed by atoms with Crippen LogP contribution in [0.5, 0.6) is 0 Å². The molecule has 3 rings (SSSR count). The molecular formula is C17H21N3O3. The predicted molar refractivity (Wildman–Crippen MR) is 87.2 cm³/mol. The van der Waals surface area contributed by atoms with Gasteiger partial charge in [-0.15, -0.1) is 0 Å². The monoisotopic (exact) mass is 315 g/mol. The van der Waals surface area contributed by atoms with Crippen LogP contribution in [0.4, 0.5) is 5.69 Å². The van der Waals surface area contributed by atoms with Crippen molar-refractivity contribution < 1.29 is 13.9 Å². The molecule has 6 heteroatoms. The number of morpholine rings is 1. The van der Waals surface area contributed by atoms with Gasteiger partial charge in [0.2, 0.25) is 0 Å². The fraction of sp³-hybridized carbons (Fsp3) is 0.353. The van der Waals surface area contributed by atoms with Crippen LogP contribution in [-0.4, -0.2) is 32.2 Å². The van der Waals surface area contributed by atoms with Crippen LogP contribution in [-0.2, 0) is 17.8 Å². The van der Waals surface area contributed by atoms with E-state index in [9.17, 15) is 4.79 Å². The minimum atomic E-state index is -0.162. The number of nitrogens with one attached hydrogen (secondary N) is 1. The minimum absolute atomic E-state index is 0.162. The van der Waals surface area contributed by atoms with Gasteiger partial charge in [0.25, 0.3) is 5.91 Å². The normalized spacial score (nSPS) is 14.7. The molecule has 1 aliphatic heterocycles. The van der Waals surface area contributed by atoms with Gasteiger partial charge in [-0.2, -0.15) is 0 Å². The van der Waals surface area contributed by atoms with E-state index in [1.54, 1.807) is 6.07 Å². The van der Waals surface area contributed by atoms with E-state index in [0.29, 0.717) is 17.9 Å². The van der Waals surface area contributed by atoms with Crippen molar-refractivity contribution in [2.75, 3.05) is 31.2 Å². The van der Waals surface area contributed by atoms with Gasteiger partial charge in [-0.1, -0.05) is 18.2 Å². The summed E-state index contributed by atoms with van der Waals surface area (Å²) in [6, 6.07) is 9.78. The smallest absolute Gasteiger partial charge is 0.254 e. The number of para-hydroxylation sites is 1. The van der Waals surface area contributed by atoms with Crippen molar-refractivity contribution in [2.24, 2.45) is 5.73 Å². The van der Waals surface area contributed by atoms with Crippen molar-refractivity contribution >= 4 is 11.6 Å². The molecule has 1 aliphatic rings. The second-order valence-electron chi connectivity index (χ2n) is 5.42. The first kappa shape index (κ1) is 15.6. The number of rotatable bonds is 5. The first-order valence-corrected chi connectivity index (χ1v) is 7.74. The van der Waals surface area contributed by atoms with Gasteiger partial charge >= 0.3 is 0 Å². The summed E-state index contributed by atoms with van der Waals surface area (Å²) in [6.07, 6.45) is 1.44. The summed E-state index contributed by atoms with van der Waals surface area (Å²) in [5.74, 6) is 0.439. The van der Waals surface area contributed by atoms with E-state index in [1.807, 2.05) is 18.2 Å². The average Bonchev–Trinajstić information content (AvgIpc) is 3.10. The summed E-state index contributed by atoms with van der Waals surface area (Å²) in [6.45, 7) is 3.96. The standard InChI is InChI=1S/C17H21N3O3/c18-10-15-9-14(12-23-15)17(21)19-11-13-3-1-2-4-16(13)20-5-7-22-8-6-20/h1-4,9,12H,5-8,10-11,18H2,(H,19,21). The molecule has 0 radical (unpaired) electrons. The van der Waals surface area contributed by atoms with Crippen LogP contribution >= 0.6 is 0 Å². The topological polar surface area (TPSA) is 80.7 Å². The lowest BCUT2D eigenvalue weighted by Crippen LogP contribution is -2.37. The van der Waals surface area contributed by atoms with Gasteiger partial charge in [0.1, 0.15) is 12.0 Å². The van der Waals surface area contributed by atoms with Crippen molar-refractivity contribution in [2.45, 2.75) is 13.1 Å². The van der Waals surface area contributed by atoms with Gasteiger partial charge in [-0.25, -0.2) is 0 Å². The lowest BCUT2D eigenvalue weighted by Gasteiger charge is -2.30. The zero-order valence-electron chi connectivity index (χ0n) is 13.0. The third-order valence-corrected chi connectivity index (χ3v) is 3.90. The molecular weight excluding hydrogens is 294 g/mol. The fourth-order valence-corrected chi connectivity index (χ4v) is 2.66. The molecule has 6 nitrogen and oxygen atoms in total. The van der Waals surface area contributed by atoms with E-state index in [1.165, 1.54) is 6.26 Å². The maximum absolute atomic E-state index is 12.2. The summed E-state index contributed by atoms with van der Waals surface area (Å²) in [5.41, 5.74) is 8.22. The Labute approximate surface area is 135 Å². The Morgan fingerprint density at radius 2 is 2.04 bits per heavy atom. The largest absolute Gasteiger partial charge is 0.467 e. The van der Waals surface area contributed by atoms with Crippen LogP contribution < -0.4 is 16.0 Å². The molecule has 0 saturated carbocycles. The van der Waals surface area contributed by atoms with Crippen molar-refractivity contribution in [3.63, 3.8) is 0 Å². The maximum atomic E-state index is 12.2. The fourth-order valence-electron chi connectivity index (χ4n) is 2.66. The van der Waals surface area contributed by atoms with Crippen LogP contribution in [0.25, 0.3) is 0 Å². The average molecular weight is 315 g/mol. The highest BCUT2D eigenvalue weighted by molar-refractivity contribution is 5.94. The molecule has 0 bridgehead atoms. The molecule has 23 heavy (non-hydrogen) atoms. The number of nitrogens with two attached hydrogens (primary N) is 1. The number of hydrogen-bond donors (Lipinski definition) is 2. The highest BCUT2D eigenvalue weighted by atomic mass is 16.5. The molecule has 1 aromatic carbocycles. The van der Waals surface area contributed by atoms with Crippen LogP contribution in [0.3, 0.4) is 0 Å². The van der Waals surface area contributed by atoms with Crippen LogP contribution in [0.2, 0.25) is 0 Å². The number of carbonyl (C=O) groups is 1. The summed E-state index contributed by atoms with van der Waals surface area (Å²) in [5, 5.41) is 2.93. The molecule has 0 aliphatic carbocycles. The van der Waals surface area contributed by atoms with E-state index in [4.69, 9.17) is 14.9 Å². The van der Waals surface area contributed by atoms with E-state index in [0.717, 1.165) is 37.6 Å². The Hall–Kier alpha value is -2.31. The quantitative estimate of drug-likeness (QED) is 0.874. The number of anilines is 1. The second kappa shape index (κ2) is 7.30. The molecule has 1 amide bonds. The van der Waals surface area contributed by atoms with Gasteiger partial charge in [0, 0.05) is 25.3 Å². The van der Waals surface area contributed by atoms with Crippen molar-refractivity contribution in [3.05, 3.63) is 53.5 Å². The first-order chi connectivity index (χ1) is 11.3. The highest BCUT2D eigenvalue weighted by Crippen LogP contribution is 2.21. The van der Waals surface area contributed by atoms with Gasteiger partial charge in [-0.05, 0) is 17.7 Å². The molecule has 0 unspecified atom stereocenters. The summed E-state index contributed by atoms with van der Waals surface area (Å²) in [4.78, 5) is 14.5. The molecule has 0 atom stereocenters. The first-order valence-electron chi connectivity index (χ1n) is 7.74. The van der Waals surface area contributed by atoms with Crippen molar-refractivity contribution in [3.8, 4) is 0 Å². The summed E-state index contributed by atoms with van der Waals surface area (Å²) >= 11 is 0. The molecule has 3 N–H and O–H groups in total. The third kappa shape index (κ3) is 3.72. The van der Waals surface area contributed by atoms with Gasteiger partial charge in [0.05, 0.1) is 25.3 Å². The summed E-state index contributed by atoms with van der Waals surface area (Å²) in [7, 11) is 0. The number of carbonyl (C=O) groups excluding carboxylic acids is 1. The molecule has 0 spiro atoms. The lowest BCUT2D eigenvalue weighted by molar-refractivity contribution is 0.0950. The lowest BCUT2D eigenvalue weighted by atomic mass is 10.1. The highest BCUT2D eigenvalue weighted by Gasteiger charge is 2.15. The number of ether oxygens (including phenoxy) is 1. The SMILES string of the molecule is NCc1cc(C(=O)NCc2ccccc2N2CCOCC2)co1. The molecule has 1 aromatic heterocycles. The Morgan fingerprint density at radius 1 is 1.26 bits per heavy atom. The Morgan fingerprint density at radius 3 is 2.78 bits per heavy atom. The molecule has 1 fully saturated rings. The molecule has 122 valence electrons. The summed E-state index contributed by atoms with van der Waals surface area (Å²) < 4.78 is 10.6. The van der Waals surface area contributed by atoms with E-state index >= 15 is 0 Å². The number of nitrogens with zero attached hydrogens (tertiary/aromatic N) is 1. The number of amides is 1. The Bertz CT molecular complexity index is 663. The number of hydrogen-bond acceptors (Lipinski definition) is 5. The Kier molecular flexibility index (Phi) is 4.95. The predicted octanol–water partition coefficient (Wildman–Crippen LogP) is 1.50. The Balaban J connectivity index is 1.66. The molecule has 2 heterocycles. The van der Waals surface area contributed by atoms with Crippen molar-refractivity contribution in [1.82, 2.24) is 5.32 Å². The third-order valence-electron chi connectivity index (χ3n) is 3.90. The molecule has 1 saturated heterocycles. The number of furan rings is 1. The van der Waals surface area contributed by atoms with Gasteiger partial charge in [-0.3, -0.25) is 4.79 Å². The second-order valence-corrected chi connectivity index (χ2v) is 5.42. The molecule has 2 aromatic rings. The van der Waals surface area contributed by atoms with Crippen LogP contribution in [0, 0.1) is 0 Å². The zero-order chi connectivity index (χ0) is 16.1. The van der Waals surface area contributed by atoms with E-state index < -0.39 is 0 Å². The number of benzene rings is 1. The maximum Gasteiger partial charge on any atom is 0.254 e. The minimum Gasteiger partial charge on any atom is -0.467 e. The zero-order valence-corrected chi connectivity index (χ0v) is 13.0. The van der Waals surface area contributed by atoms with Gasteiger partial charge < -0.3 is 25.1 Å². The van der Waals surface area contributed by atoms with E-state index in [-0.39, 0.29) is 12.5 Å².